The third-order valence-corrected chi connectivity index (χ3v) is 2.35. The van der Waals surface area contributed by atoms with Crippen molar-refractivity contribution in [3.63, 3.8) is 0 Å². The van der Waals surface area contributed by atoms with E-state index in [4.69, 9.17) is 15.9 Å². The van der Waals surface area contributed by atoms with Gasteiger partial charge in [0.1, 0.15) is 5.84 Å². The van der Waals surface area contributed by atoms with Crippen molar-refractivity contribution in [2.45, 2.75) is 5.72 Å². The first-order valence-corrected chi connectivity index (χ1v) is 4.55. The van der Waals surface area contributed by atoms with Crippen LogP contribution in [-0.4, -0.2) is 19.0 Å². The zero-order chi connectivity index (χ0) is 10.0. The Labute approximate surface area is 82.6 Å². The van der Waals surface area contributed by atoms with E-state index in [-0.39, 0.29) is 5.84 Å². The Bertz CT molecular complexity index is 330. The van der Waals surface area contributed by atoms with Crippen molar-refractivity contribution >= 4 is 5.84 Å². The van der Waals surface area contributed by atoms with Gasteiger partial charge in [-0.25, -0.2) is 0 Å². The number of ether oxygens (including phenoxy) is 1. The van der Waals surface area contributed by atoms with Crippen LogP contribution in [0, 0.1) is 5.41 Å². The van der Waals surface area contributed by atoms with Gasteiger partial charge < -0.3 is 10.5 Å². The maximum atomic E-state index is 7.57. The second kappa shape index (κ2) is 3.40. The molecule has 1 aromatic carbocycles. The third kappa shape index (κ3) is 1.29. The Kier molecular flexibility index (Phi) is 2.23. The maximum Gasteiger partial charge on any atom is 0.203 e. The summed E-state index contributed by atoms with van der Waals surface area (Å²) in [7, 11) is 0. The smallest absolute Gasteiger partial charge is 0.203 e. The van der Waals surface area contributed by atoms with E-state index in [0.29, 0.717) is 13.2 Å². The molecule has 4 N–H and O–H groups in total. The molecule has 0 aliphatic carbocycles. The molecule has 1 aromatic rings. The standard InChI is InChI=1S/C10H13N3O/c11-9(12)10(13-6-7-14-10)8-4-2-1-3-5-8/h1-5,13H,6-7H2,(H3,11,12). The lowest BCUT2D eigenvalue weighted by Gasteiger charge is -2.27. The molecule has 1 aliphatic rings. The van der Waals surface area contributed by atoms with E-state index in [1.54, 1.807) is 0 Å². The molecule has 0 spiro atoms. The van der Waals surface area contributed by atoms with Crippen molar-refractivity contribution in [3.05, 3.63) is 35.9 Å². The van der Waals surface area contributed by atoms with Crippen molar-refractivity contribution < 1.29 is 4.74 Å². The number of hydrogen-bond acceptors (Lipinski definition) is 3. The highest BCUT2D eigenvalue weighted by molar-refractivity contribution is 5.87. The van der Waals surface area contributed by atoms with Crippen LogP contribution >= 0.6 is 0 Å². The highest BCUT2D eigenvalue weighted by atomic mass is 16.5. The highest BCUT2D eigenvalue weighted by Crippen LogP contribution is 2.25. The van der Waals surface area contributed by atoms with Gasteiger partial charge in [-0.2, -0.15) is 0 Å². The first-order valence-electron chi connectivity index (χ1n) is 4.55. The van der Waals surface area contributed by atoms with E-state index in [9.17, 15) is 0 Å². The van der Waals surface area contributed by atoms with Crippen LogP contribution in [0.5, 0.6) is 0 Å². The second-order valence-electron chi connectivity index (χ2n) is 3.24. The molecule has 4 heteroatoms. The summed E-state index contributed by atoms with van der Waals surface area (Å²) >= 11 is 0. The van der Waals surface area contributed by atoms with Crippen LogP contribution in [0.4, 0.5) is 0 Å². The monoisotopic (exact) mass is 191 g/mol. The highest BCUT2D eigenvalue weighted by Gasteiger charge is 2.39. The topological polar surface area (TPSA) is 71.1 Å². The van der Waals surface area contributed by atoms with E-state index in [0.717, 1.165) is 5.56 Å². The summed E-state index contributed by atoms with van der Waals surface area (Å²) in [5.74, 6) is 0.00111. The zero-order valence-corrected chi connectivity index (χ0v) is 7.79. The molecule has 2 rings (SSSR count). The largest absolute Gasteiger partial charge is 0.384 e. The molecule has 1 aliphatic heterocycles. The fraction of sp³-hybridized carbons (Fsp3) is 0.300. The van der Waals surface area contributed by atoms with Crippen molar-refractivity contribution in [2.75, 3.05) is 13.2 Å². The van der Waals surface area contributed by atoms with Gasteiger partial charge in [-0.1, -0.05) is 30.3 Å². The van der Waals surface area contributed by atoms with Gasteiger partial charge in [0, 0.05) is 12.1 Å². The Morgan fingerprint density at radius 1 is 1.43 bits per heavy atom. The van der Waals surface area contributed by atoms with E-state index < -0.39 is 5.72 Å². The van der Waals surface area contributed by atoms with Crippen LogP contribution in [0.25, 0.3) is 0 Å². The van der Waals surface area contributed by atoms with Crippen LogP contribution in [-0.2, 0) is 10.5 Å². The molecule has 1 unspecified atom stereocenters. The molecule has 1 fully saturated rings. The van der Waals surface area contributed by atoms with Crippen molar-refractivity contribution in [2.24, 2.45) is 5.73 Å². The number of nitrogens with two attached hydrogens (primary N) is 1. The summed E-state index contributed by atoms with van der Waals surface area (Å²) in [6.07, 6.45) is 0. The molecule has 74 valence electrons. The zero-order valence-electron chi connectivity index (χ0n) is 7.79. The Morgan fingerprint density at radius 2 is 2.14 bits per heavy atom. The van der Waals surface area contributed by atoms with Gasteiger partial charge in [0.15, 0.2) is 0 Å². The minimum atomic E-state index is -0.902. The number of rotatable bonds is 2. The van der Waals surface area contributed by atoms with Crippen LogP contribution < -0.4 is 11.1 Å². The lowest BCUT2D eigenvalue weighted by atomic mass is 10.0. The van der Waals surface area contributed by atoms with E-state index in [2.05, 4.69) is 5.32 Å². The maximum absolute atomic E-state index is 7.57. The van der Waals surface area contributed by atoms with Crippen molar-refractivity contribution in [3.8, 4) is 0 Å². The van der Waals surface area contributed by atoms with Gasteiger partial charge in [-0.15, -0.1) is 0 Å². The van der Waals surface area contributed by atoms with E-state index in [1.165, 1.54) is 0 Å². The lowest BCUT2D eigenvalue weighted by molar-refractivity contribution is 0.0457. The average Bonchev–Trinajstić information content (AvgIpc) is 2.69. The van der Waals surface area contributed by atoms with Gasteiger partial charge in [-0.3, -0.25) is 10.7 Å². The molecule has 1 saturated heterocycles. The van der Waals surface area contributed by atoms with E-state index >= 15 is 0 Å². The first kappa shape index (κ1) is 9.18. The number of amidine groups is 1. The molecular weight excluding hydrogens is 178 g/mol. The van der Waals surface area contributed by atoms with E-state index in [1.807, 2.05) is 30.3 Å². The van der Waals surface area contributed by atoms with Crippen LogP contribution in [0.15, 0.2) is 30.3 Å². The molecule has 0 aromatic heterocycles. The summed E-state index contributed by atoms with van der Waals surface area (Å²) < 4.78 is 5.53. The quantitative estimate of drug-likeness (QED) is 0.468. The number of benzene rings is 1. The summed E-state index contributed by atoms with van der Waals surface area (Å²) in [6.45, 7) is 1.29. The summed E-state index contributed by atoms with van der Waals surface area (Å²) in [4.78, 5) is 0. The number of nitrogens with one attached hydrogen (secondary N) is 2. The predicted octanol–water partition coefficient (Wildman–Crippen LogP) is 0.395. The Hall–Kier alpha value is -1.39. The van der Waals surface area contributed by atoms with Crippen molar-refractivity contribution in [1.82, 2.24) is 5.32 Å². The predicted molar refractivity (Wildman–Crippen MR) is 54.0 cm³/mol. The SMILES string of the molecule is N=C(N)C1(c2ccccc2)NCCO1. The molecule has 0 bridgehead atoms. The Morgan fingerprint density at radius 3 is 2.64 bits per heavy atom. The normalized spacial score (nSPS) is 26.3. The fourth-order valence-corrected chi connectivity index (χ4v) is 1.67. The third-order valence-electron chi connectivity index (χ3n) is 2.35. The molecular formula is C10H13N3O. The summed E-state index contributed by atoms with van der Waals surface area (Å²) in [5, 5.41) is 10.7. The molecule has 0 radical (unpaired) electrons. The molecule has 1 atom stereocenters. The molecule has 14 heavy (non-hydrogen) atoms. The van der Waals surface area contributed by atoms with Gasteiger partial charge in [0.2, 0.25) is 5.72 Å². The van der Waals surface area contributed by atoms with Crippen molar-refractivity contribution in [1.29, 1.82) is 5.41 Å². The van der Waals surface area contributed by atoms with Gasteiger partial charge in [-0.05, 0) is 0 Å². The van der Waals surface area contributed by atoms with Gasteiger partial charge >= 0.3 is 0 Å². The first-order chi connectivity index (χ1) is 6.76. The number of hydrogen-bond donors (Lipinski definition) is 3. The summed E-state index contributed by atoms with van der Waals surface area (Å²) in [5.41, 5.74) is 5.54. The average molecular weight is 191 g/mol. The lowest BCUT2D eigenvalue weighted by Crippen LogP contribution is -2.49. The molecule has 0 amide bonds. The summed E-state index contributed by atoms with van der Waals surface area (Å²) in [6, 6.07) is 9.54. The minimum Gasteiger partial charge on any atom is -0.384 e. The minimum absolute atomic E-state index is 0.00111. The van der Waals surface area contributed by atoms with Crippen LogP contribution in [0.1, 0.15) is 5.56 Å². The molecule has 1 heterocycles. The second-order valence-corrected chi connectivity index (χ2v) is 3.24. The van der Waals surface area contributed by atoms with Gasteiger partial charge in [0.05, 0.1) is 6.61 Å². The van der Waals surface area contributed by atoms with Gasteiger partial charge in [0.25, 0.3) is 0 Å². The van der Waals surface area contributed by atoms with Crippen LogP contribution in [0.3, 0.4) is 0 Å². The van der Waals surface area contributed by atoms with Crippen LogP contribution in [0.2, 0.25) is 0 Å². The molecule has 4 nitrogen and oxygen atoms in total. The molecule has 0 saturated carbocycles. The Balaban J connectivity index is 2.42. The fourth-order valence-electron chi connectivity index (χ4n) is 1.67.